The minimum Gasteiger partial charge on any atom is -0.484 e. The van der Waals surface area contributed by atoms with Gasteiger partial charge >= 0.3 is 0 Å². The molecule has 0 saturated heterocycles. The quantitative estimate of drug-likeness (QED) is 0.538. The molecule has 0 spiro atoms. The molecular formula is C20H19FN4O2. The number of benzene rings is 2. The Bertz CT molecular complexity index is 950. The summed E-state index contributed by atoms with van der Waals surface area (Å²) in [5.74, 6) is -0.370. The van der Waals surface area contributed by atoms with Crippen molar-refractivity contribution in [2.24, 2.45) is 5.10 Å². The van der Waals surface area contributed by atoms with Crippen LogP contribution in [0.15, 0.2) is 59.7 Å². The number of aryl methyl sites for hydroxylation is 1. The zero-order valence-electron chi connectivity index (χ0n) is 15.0. The highest BCUT2D eigenvalue weighted by atomic mass is 19.1. The number of nitrogens with zero attached hydrogens (tertiary/aromatic N) is 3. The lowest BCUT2D eigenvalue weighted by Crippen LogP contribution is -2.24. The predicted molar refractivity (Wildman–Crippen MR) is 101 cm³/mol. The second-order valence-electron chi connectivity index (χ2n) is 5.87. The van der Waals surface area contributed by atoms with Crippen LogP contribution < -0.4 is 10.2 Å². The first-order chi connectivity index (χ1) is 13.0. The molecule has 3 rings (SSSR count). The molecule has 0 fully saturated rings. The average Bonchev–Trinajstić information content (AvgIpc) is 2.96. The van der Waals surface area contributed by atoms with Crippen molar-refractivity contribution >= 4 is 12.1 Å². The number of rotatable bonds is 6. The van der Waals surface area contributed by atoms with Gasteiger partial charge in [-0.1, -0.05) is 18.2 Å². The number of nitrogens with one attached hydrogen (secondary N) is 1. The average molecular weight is 366 g/mol. The number of hydrogen-bond donors (Lipinski definition) is 1. The van der Waals surface area contributed by atoms with Gasteiger partial charge in [0.15, 0.2) is 6.61 Å². The van der Waals surface area contributed by atoms with Crippen molar-refractivity contribution in [3.8, 4) is 11.4 Å². The number of aromatic nitrogens is 2. The van der Waals surface area contributed by atoms with E-state index in [0.717, 1.165) is 22.6 Å². The molecule has 1 aromatic heterocycles. The standard InChI is InChI=1S/C20H19FN4O2/c1-14-19(15(2)25(24-14)17-6-4-3-5-7-17)12-22-23-20(26)13-27-18-10-8-16(21)9-11-18/h3-12H,13H2,1-2H3,(H,23,26). The van der Waals surface area contributed by atoms with Crippen molar-refractivity contribution in [1.82, 2.24) is 15.2 Å². The number of hydrogen-bond acceptors (Lipinski definition) is 4. The fraction of sp³-hybridized carbons (Fsp3) is 0.150. The van der Waals surface area contributed by atoms with Gasteiger partial charge in [-0.05, 0) is 50.2 Å². The largest absolute Gasteiger partial charge is 0.484 e. The van der Waals surface area contributed by atoms with Gasteiger partial charge in [0.1, 0.15) is 11.6 Å². The summed E-state index contributed by atoms with van der Waals surface area (Å²) in [6.07, 6.45) is 1.56. The lowest BCUT2D eigenvalue weighted by atomic mass is 10.2. The number of halogens is 1. The third-order valence-electron chi connectivity index (χ3n) is 3.91. The zero-order chi connectivity index (χ0) is 19.2. The third-order valence-corrected chi connectivity index (χ3v) is 3.91. The van der Waals surface area contributed by atoms with Gasteiger partial charge in [-0.25, -0.2) is 14.5 Å². The molecule has 2 aromatic carbocycles. The number of hydrazone groups is 1. The van der Waals surface area contributed by atoms with Gasteiger partial charge in [0, 0.05) is 5.56 Å². The van der Waals surface area contributed by atoms with Gasteiger partial charge in [-0.2, -0.15) is 10.2 Å². The summed E-state index contributed by atoms with van der Waals surface area (Å²) < 4.78 is 19.9. The second-order valence-corrected chi connectivity index (χ2v) is 5.87. The SMILES string of the molecule is Cc1nn(-c2ccccc2)c(C)c1C=NNC(=O)COc1ccc(F)cc1. The summed E-state index contributed by atoms with van der Waals surface area (Å²) >= 11 is 0. The van der Waals surface area contributed by atoms with Gasteiger partial charge in [0.25, 0.3) is 5.91 Å². The molecule has 0 aliphatic rings. The molecule has 1 amide bonds. The van der Waals surface area contributed by atoms with Crippen LogP contribution in [0.5, 0.6) is 5.75 Å². The molecule has 1 N–H and O–H groups in total. The van der Waals surface area contributed by atoms with E-state index >= 15 is 0 Å². The first kappa shape index (κ1) is 18.3. The Hall–Kier alpha value is -3.48. The minimum atomic E-state index is -0.415. The maximum absolute atomic E-state index is 12.8. The normalized spacial score (nSPS) is 10.9. The van der Waals surface area contributed by atoms with Crippen LogP contribution in [0.25, 0.3) is 5.69 Å². The fourth-order valence-corrected chi connectivity index (χ4v) is 2.54. The summed E-state index contributed by atoms with van der Waals surface area (Å²) in [5, 5.41) is 8.50. The Morgan fingerprint density at radius 3 is 2.59 bits per heavy atom. The van der Waals surface area contributed by atoms with E-state index in [0.29, 0.717) is 5.75 Å². The molecular weight excluding hydrogens is 347 g/mol. The van der Waals surface area contributed by atoms with Gasteiger partial charge in [0.05, 0.1) is 23.3 Å². The second kappa shape index (κ2) is 8.27. The van der Waals surface area contributed by atoms with E-state index in [-0.39, 0.29) is 12.4 Å². The molecule has 0 atom stereocenters. The molecule has 6 nitrogen and oxygen atoms in total. The van der Waals surface area contributed by atoms with Crippen LogP contribution in [-0.4, -0.2) is 28.5 Å². The zero-order valence-corrected chi connectivity index (χ0v) is 15.0. The summed E-state index contributed by atoms with van der Waals surface area (Å²) in [5.41, 5.74) is 5.91. The van der Waals surface area contributed by atoms with E-state index in [1.165, 1.54) is 24.3 Å². The lowest BCUT2D eigenvalue weighted by Gasteiger charge is -2.05. The molecule has 0 saturated carbocycles. The maximum Gasteiger partial charge on any atom is 0.277 e. The van der Waals surface area contributed by atoms with Crippen LogP contribution in [-0.2, 0) is 4.79 Å². The van der Waals surface area contributed by atoms with Crippen LogP contribution in [0.3, 0.4) is 0 Å². The Morgan fingerprint density at radius 2 is 1.89 bits per heavy atom. The first-order valence-electron chi connectivity index (χ1n) is 8.36. The Balaban J connectivity index is 1.60. The minimum absolute atomic E-state index is 0.218. The highest BCUT2D eigenvalue weighted by Crippen LogP contribution is 2.16. The van der Waals surface area contributed by atoms with Crippen LogP contribution in [0.2, 0.25) is 0 Å². The monoisotopic (exact) mass is 366 g/mol. The van der Waals surface area contributed by atoms with Crippen molar-refractivity contribution in [3.05, 3.63) is 77.4 Å². The van der Waals surface area contributed by atoms with E-state index in [1.54, 1.807) is 6.21 Å². The van der Waals surface area contributed by atoms with Crippen LogP contribution >= 0.6 is 0 Å². The smallest absolute Gasteiger partial charge is 0.277 e. The topological polar surface area (TPSA) is 68.5 Å². The molecule has 0 aliphatic carbocycles. The highest BCUT2D eigenvalue weighted by molar-refractivity contribution is 5.85. The van der Waals surface area contributed by atoms with Crippen molar-refractivity contribution in [2.75, 3.05) is 6.61 Å². The highest BCUT2D eigenvalue weighted by Gasteiger charge is 2.11. The van der Waals surface area contributed by atoms with Crippen molar-refractivity contribution in [1.29, 1.82) is 0 Å². The summed E-state index contributed by atoms with van der Waals surface area (Å²) in [7, 11) is 0. The van der Waals surface area contributed by atoms with E-state index in [9.17, 15) is 9.18 Å². The molecule has 0 bridgehead atoms. The van der Waals surface area contributed by atoms with E-state index in [4.69, 9.17) is 4.74 Å². The van der Waals surface area contributed by atoms with Gasteiger partial charge in [-0.15, -0.1) is 0 Å². The maximum atomic E-state index is 12.8. The molecule has 0 radical (unpaired) electrons. The number of carbonyl (C=O) groups excluding carboxylic acids is 1. The number of ether oxygens (including phenoxy) is 1. The number of carbonyl (C=O) groups is 1. The molecule has 3 aromatic rings. The molecule has 0 aliphatic heterocycles. The van der Waals surface area contributed by atoms with E-state index in [2.05, 4.69) is 15.6 Å². The van der Waals surface area contributed by atoms with E-state index in [1.807, 2.05) is 48.9 Å². The summed E-state index contributed by atoms with van der Waals surface area (Å²) in [4.78, 5) is 11.8. The molecule has 1 heterocycles. The molecule has 138 valence electrons. The lowest BCUT2D eigenvalue weighted by molar-refractivity contribution is -0.123. The first-order valence-corrected chi connectivity index (χ1v) is 8.36. The summed E-state index contributed by atoms with van der Waals surface area (Å²) in [6, 6.07) is 15.2. The van der Waals surface area contributed by atoms with Gasteiger partial charge < -0.3 is 4.74 Å². The number of amides is 1. The fourth-order valence-electron chi connectivity index (χ4n) is 2.54. The summed E-state index contributed by atoms with van der Waals surface area (Å²) in [6.45, 7) is 3.60. The Kier molecular flexibility index (Phi) is 5.61. The van der Waals surface area contributed by atoms with Gasteiger partial charge in [0.2, 0.25) is 0 Å². The van der Waals surface area contributed by atoms with Crippen molar-refractivity contribution in [3.63, 3.8) is 0 Å². The third kappa shape index (κ3) is 4.58. The molecule has 0 unspecified atom stereocenters. The van der Waals surface area contributed by atoms with Gasteiger partial charge in [-0.3, -0.25) is 4.79 Å². The Morgan fingerprint density at radius 1 is 1.19 bits per heavy atom. The van der Waals surface area contributed by atoms with Crippen LogP contribution in [0.4, 0.5) is 4.39 Å². The predicted octanol–water partition coefficient (Wildman–Crippen LogP) is 3.16. The molecule has 7 heteroatoms. The Labute approximate surface area is 156 Å². The number of para-hydroxylation sites is 1. The van der Waals surface area contributed by atoms with Crippen LogP contribution in [0, 0.1) is 19.7 Å². The van der Waals surface area contributed by atoms with E-state index < -0.39 is 5.91 Å². The molecule has 27 heavy (non-hydrogen) atoms. The van der Waals surface area contributed by atoms with Crippen LogP contribution in [0.1, 0.15) is 17.0 Å². The van der Waals surface area contributed by atoms with Crippen molar-refractivity contribution in [2.45, 2.75) is 13.8 Å². The van der Waals surface area contributed by atoms with Crippen molar-refractivity contribution < 1.29 is 13.9 Å².